The first-order valence-corrected chi connectivity index (χ1v) is 5.58. The Balaban J connectivity index is 2.16. The third kappa shape index (κ3) is 4.89. The fourth-order valence-corrected chi connectivity index (χ4v) is 1.69. The van der Waals surface area contributed by atoms with Crippen molar-refractivity contribution in [2.24, 2.45) is 0 Å². The molecule has 0 spiro atoms. The van der Waals surface area contributed by atoms with Gasteiger partial charge in [0, 0.05) is 12.5 Å². The van der Waals surface area contributed by atoms with E-state index in [0.29, 0.717) is 6.42 Å². The number of hydrogen-bond acceptors (Lipinski definition) is 2. The quantitative estimate of drug-likeness (QED) is 0.708. The van der Waals surface area contributed by atoms with Crippen molar-refractivity contribution >= 4 is 5.91 Å². The normalized spacial score (nSPS) is 20.9. The predicted molar refractivity (Wildman–Crippen MR) is 54.2 cm³/mol. The first-order chi connectivity index (χ1) is 7.92. The van der Waals surface area contributed by atoms with Gasteiger partial charge >= 0.3 is 12.3 Å². The second-order valence-electron chi connectivity index (χ2n) is 4.17. The van der Waals surface area contributed by atoms with Crippen LogP contribution in [0.1, 0.15) is 25.7 Å². The number of hydrogen-bond donors (Lipinski definition) is 2. The minimum atomic E-state index is -4.15. The fourth-order valence-electron chi connectivity index (χ4n) is 1.69. The van der Waals surface area contributed by atoms with Crippen LogP contribution in [0.15, 0.2) is 0 Å². The minimum absolute atomic E-state index is 0.0803. The molecule has 0 aromatic rings. The van der Waals surface area contributed by atoms with E-state index in [2.05, 4.69) is 5.32 Å². The Morgan fingerprint density at radius 1 is 1.47 bits per heavy atom. The summed E-state index contributed by atoms with van der Waals surface area (Å²) in [5.41, 5.74) is 0. The molecule has 1 unspecified atom stereocenters. The molecule has 1 aliphatic rings. The molecule has 0 aromatic carbocycles. The molecule has 0 bridgehead atoms. The van der Waals surface area contributed by atoms with Crippen LogP contribution in [-0.4, -0.2) is 37.4 Å². The Morgan fingerprint density at radius 3 is 2.71 bits per heavy atom. The number of carbonyl (C=O) groups is 1. The van der Waals surface area contributed by atoms with Crippen molar-refractivity contribution in [3.8, 4) is 0 Å². The smallest absolute Gasteiger partial charge is 0.324 e. The number of carbonyl (C=O) groups excluding carboxylic acids is 1. The minimum Gasteiger partial charge on any atom is -0.350 e. The molecular formula is C10H16F4N2O. The van der Waals surface area contributed by atoms with Crippen LogP contribution in [0.5, 0.6) is 0 Å². The highest BCUT2D eigenvalue weighted by molar-refractivity contribution is 5.75. The van der Waals surface area contributed by atoms with Gasteiger partial charge in [0.05, 0.1) is 6.54 Å². The van der Waals surface area contributed by atoms with E-state index in [-0.39, 0.29) is 12.5 Å². The lowest BCUT2D eigenvalue weighted by molar-refractivity contribution is -0.136. The van der Waals surface area contributed by atoms with Gasteiger partial charge < -0.3 is 10.6 Å². The van der Waals surface area contributed by atoms with E-state index in [4.69, 9.17) is 0 Å². The van der Waals surface area contributed by atoms with E-state index in [1.807, 2.05) is 5.32 Å². The summed E-state index contributed by atoms with van der Waals surface area (Å²) in [4.78, 5) is 11.2. The SMILES string of the molecule is O=C(CCC1CCCN1)NCC(F)(F)C(F)F. The molecule has 0 radical (unpaired) electrons. The van der Waals surface area contributed by atoms with Crippen LogP contribution in [0.25, 0.3) is 0 Å². The second-order valence-corrected chi connectivity index (χ2v) is 4.17. The van der Waals surface area contributed by atoms with Crippen LogP contribution < -0.4 is 10.6 Å². The van der Waals surface area contributed by atoms with Crippen molar-refractivity contribution in [2.45, 2.75) is 44.1 Å². The summed E-state index contributed by atoms with van der Waals surface area (Å²) in [6.45, 7) is -0.405. The van der Waals surface area contributed by atoms with E-state index < -0.39 is 24.8 Å². The Morgan fingerprint density at radius 2 is 2.18 bits per heavy atom. The van der Waals surface area contributed by atoms with Gasteiger partial charge in [-0.3, -0.25) is 4.79 Å². The first-order valence-electron chi connectivity index (χ1n) is 5.58. The molecule has 1 amide bonds. The Bertz CT molecular complexity index is 255. The van der Waals surface area contributed by atoms with Gasteiger partial charge in [-0.05, 0) is 25.8 Å². The third-order valence-corrected chi connectivity index (χ3v) is 2.72. The third-order valence-electron chi connectivity index (χ3n) is 2.72. The van der Waals surface area contributed by atoms with Crippen molar-refractivity contribution in [3.05, 3.63) is 0 Å². The molecule has 0 saturated carbocycles. The van der Waals surface area contributed by atoms with Crippen LogP contribution in [0, 0.1) is 0 Å². The lowest BCUT2D eigenvalue weighted by atomic mass is 10.1. The summed E-state index contributed by atoms with van der Waals surface area (Å²) >= 11 is 0. The molecule has 1 heterocycles. The maximum atomic E-state index is 12.5. The van der Waals surface area contributed by atoms with Gasteiger partial charge in [0.15, 0.2) is 0 Å². The van der Waals surface area contributed by atoms with Crippen molar-refractivity contribution in [3.63, 3.8) is 0 Å². The summed E-state index contributed by atoms with van der Waals surface area (Å²) in [6.07, 6.45) is -1.13. The second kappa shape index (κ2) is 6.18. The van der Waals surface area contributed by atoms with E-state index in [1.54, 1.807) is 0 Å². The molecule has 1 aliphatic heterocycles. The summed E-state index contributed by atoms with van der Waals surface area (Å²) in [6, 6.07) is 0.233. The highest BCUT2D eigenvalue weighted by atomic mass is 19.3. The van der Waals surface area contributed by atoms with Gasteiger partial charge in [0.2, 0.25) is 5.91 Å². The highest BCUT2D eigenvalue weighted by Crippen LogP contribution is 2.21. The zero-order valence-corrected chi connectivity index (χ0v) is 9.32. The predicted octanol–water partition coefficient (Wildman–Crippen LogP) is 1.54. The van der Waals surface area contributed by atoms with Gasteiger partial charge in [-0.1, -0.05) is 0 Å². The van der Waals surface area contributed by atoms with Crippen LogP contribution in [0.2, 0.25) is 0 Å². The van der Waals surface area contributed by atoms with Crippen molar-refractivity contribution < 1.29 is 22.4 Å². The summed E-state index contributed by atoms with van der Waals surface area (Å²) < 4.78 is 48.5. The zero-order valence-electron chi connectivity index (χ0n) is 9.32. The fraction of sp³-hybridized carbons (Fsp3) is 0.900. The molecule has 1 atom stereocenters. The van der Waals surface area contributed by atoms with Gasteiger partial charge in [0.1, 0.15) is 0 Å². The lowest BCUT2D eigenvalue weighted by Crippen LogP contribution is -2.41. The maximum absolute atomic E-state index is 12.5. The number of rotatable bonds is 6. The molecule has 17 heavy (non-hydrogen) atoms. The van der Waals surface area contributed by atoms with Crippen molar-refractivity contribution in [2.75, 3.05) is 13.1 Å². The lowest BCUT2D eigenvalue weighted by Gasteiger charge is -2.16. The van der Waals surface area contributed by atoms with Gasteiger partial charge in [-0.25, -0.2) is 8.78 Å². The Labute approximate surface area is 96.9 Å². The van der Waals surface area contributed by atoms with Gasteiger partial charge in [-0.2, -0.15) is 8.78 Å². The summed E-state index contributed by atoms with van der Waals surface area (Å²) in [5.74, 6) is -4.76. The molecule has 0 aliphatic carbocycles. The van der Waals surface area contributed by atoms with Crippen molar-refractivity contribution in [1.29, 1.82) is 0 Å². The van der Waals surface area contributed by atoms with Crippen LogP contribution in [0.3, 0.4) is 0 Å². The van der Waals surface area contributed by atoms with Gasteiger partial charge in [0.25, 0.3) is 0 Å². The Kier molecular flexibility index (Phi) is 5.17. The Hall–Kier alpha value is -0.850. The number of amides is 1. The highest BCUT2D eigenvalue weighted by Gasteiger charge is 2.40. The average Bonchev–Trinajstić information content (AvgIpc) is 2.76. The van der Waals surface area contributed by atoms with E-state index in [0.717, 1.165) is 19.4 Å². The topological polar surface area (TPSA) is 41.1 Å². The van der Waals surface area contributed by atoms with Crippen molar-refractivity contribution in [1.82, 2.24) is 10.6 Å². The van der Waals surface area contributed by atoms with E-state index in [1.165, 1.54) is 0 Å². The summed E-state index contributed by atoms with van der Waals surface area (Å²) in [7, 11) is 0. The average molecular weight is 256 g/mol. The largest absolute Gasteiger partial charge is 0.350 e. The molecule has 1 rings (SSSR count). The molecule has 0 aromatic heterocycles. The monoisotopic (exact) mass is 256 g/mol. The molecular weight excluding hydrogens is 240 g/mol. The van der Waals surface area contributed by atoms with Crippen LogP contribution in [-0.2, 0) is 4.79 Å². The molecule has 100 valence electrons. The first kappa shape index (κ1) is 14.2. The molecule has 3 nitrogen and oxygen atoms in total. The zero-order chi connectivity index (χ0) is 12.9. The molecule has 7 heteroatoms. The number of alkyl halides is 4. The molecule has 1 fully saturated rings. The maximum Gasteiger partial charge on any atom is 0.324 e. The molecule has 1 saturated heterocycles. The van der Waals surface area contributed by atoms with Crippen LogP contribution >= 0.6 is 0 Å². The van der Waals surface area contributed by atoms with E-state index in [9.17, 15) is 22.4 Å². The summed E-state index contributed by atoms with van der Waals surface area (Å²) in [5, 5.41) is 4.99. The number of halogens is 4. The molecule has 2 N–H and O–H groups in total. The van der Waals surface area contributed by atoms with E-state index >= 15 is 0 Å². The standard InChI is InChI=1S/C10H16F4N2O/c11-9(12)10(13,14)6-16-8(17)4-3-7-2-1-5-15-7/h7,9,15H,1-6H2,(H,16,17). The van der Waals surface area contributed by atoms with Gasteiger partial charge in [-0.15, -0.1) is 0 Å². The number of nitrogens with one attached hydrogen (secondary N) is 2. The van der Waals surface area contributed by atoms with Crippen LogP contribution in [0.4, 0.5) is 17.6 Å².